The van der Waals surface area contributed by atoms with E-state index in [1.54, 1.807) is 24.3 Å². The Morgan fingerprint density at radius 1 is 1.32 bits per heavy atom. The molecule has 0 aliphatic rings. The van der Waals surface area contributed by atoms with Crippen molar-refractivity contribution in [1.29, 1.82) is 5.26 Å². The van der Waals surface area contributed by atoms with Crippen molar-refractivity contribution in [3.63, 3.8) is 0 Å². The molecule has 0 spiro atoms. The molecule has 2 aromatic rings. The van der Waals surface area contributed by atoms with E-state index in [9.17, 15) is 4.79 Å². The summed E-state index contributed by atoms with van der Waals surface area (Å²) in [4.78, 5) is 15.6. The summed E-state index contributed by atoms with van der Waals surface area (Å²) in [5, 5.41) is 11.6. The molecule has 1 N–H and O–H groups in total. The number of methoxy groups -OCH3 is 1. The van der Waals surface area contributed by atoms with Gasteiger partial charge in [0.1, 0.15) is 5.76 Å². The van der Waals surface area contributed by atoms with E-state index < -0.39 is 5.97 Å². The number of benzene rings is 1. The summed E-state index contributed by atoms with van der Waals surface area (Å²) in [5.41, 5.74) is 1.52. The minimum Gasteiger partial charge on any atom is -0.463 e. The lowest BCUT2D eigenvalue weighted by Crippen LogP contribution is -2.12. The maximum Gasteiger partial charge on any atom is 0.373 e. The molecule has 0 atom stereocenters. The zero-order chi connectivity index (χ0) is 15.9. The number of aliphatic imine (C=N–C) groups is 1. The predicted molar refractivity (Wildman–Crippen MR) is 84.8 cm³/mol. The molecule has 7 heteroatoms. The standard InChI is InChI=1S/C15H13N3O3S/c1-20-14(19)13-8-7-12(21-13)10-3-5-11(6-4-10)18-15(22-2)17-9-16/h3-8H,1-2H3,(H,17,18). The van der Waals surface area contributed by atoms with Crippen LogP contribution in [0, 0.1) is 11.5 Å². The van der Waals surface area contributed by atoms with Gasteiger partial charge in [0, 0.05) is 5.56 Å². The van der Waals surface area contributed by atoms with Gasteiger partial charge in [-0.3, -0.25) is 5.32 Å². The van der Waals surface area contributed by atoms with Crippen LogP contribution in [0.1, 0.15) is 10.6 Å². The number of nitrogens with zero attached hydrogens (tertiary/aromatic N) is 2. The summed E-state index contributed by atoms with van der Waals surface area (Å²) in [6.45, 7) is 0. The molecular weight excluding hydrogens is 302 g/mol. The van der Waals surface area contributed by atoms with E-state index in [2.05, 4.69) is 15.0 Å². The fraction of sp³-hybridized carbons (Fsp3) is 0.133. The summed E-state index contributed by atoms with van der Waals surface area (Å²) in [5.74, 6) is 0.207. The van der Waals surface area contributed by atoms with Crippen molar-refractivity contribution < 1.29 is 13.9 Å². The number of thioether (sulfide) groups is 1. The van der Waals surface area contributed by atoms with Crippen LogP contribution in [-0.2, 0) is 4.74 Å². The number of nitrogens with one attached hydrogen (secondary N) is 1. The van der Waals surface area contributed by atoms with Crippen LogP contribution in [0.2, 0.25) is 0 Å². The summed E-state index contributed by atoms with van der Waals surface area (Å²) in [7, 11) is 1.30. The van der Waals surface area contributed by atoms with Gasteiger partial charge in [-0.25, -0.2) is 9.79 Å². The van der Waals surface area contributed by atoms with Crippen LogP contribution in [0.5, 0.6) is 0 Å². The number of carbonyl (C=O) groups excluding carboxylic acids is 1. The molecule has 0 radical (unpaired) electrons. The topological polar surface area (TPSA) is 87.6 Å². The first-order valence-corrected chi connectivity index (χ1v) is 7.46. The van der Waals surface area contributed by atoms with Crippen molar-refractivity contribution in [2.75, 3.05) is 13.4 Å². The monoisotopic (exact) mass is 315 g/mol. The number of amidine groups is 1. The van der Waals surface area contributed by atoms with Gasteiger partial charge in [-0.1, -0.05) is 11.8 Å². The van der Waals surface area contributed by atoms with Gasteiger partial charge in [0.15, 0.2) is 11.4 Å². The smallest absolute Gasteiger partial charge is 0.373 e. The molecule has 0 aliphatic carbocycles. The summed E-state index contributed by atoms with van der Waals surface area (Å²) >= 11 is 1.35. The van der Waals surface area contributed by atoms with Gasteiger partial charge in [0.25, 0.3) is 0 Å². The van der Waals surface area contributed by atoms with Gasteiger partial charge in [0.2, 0.25) is 5.76 Å². The highest BCUT2D eigenvalue weighted by molar-refractivity contribution is 8.13. The number of hydrogen-bond acceptors (Lipinski definition) is 6. The Morgan fingerprint density at radius 2 is 2.05 bits per heavy atom. The highest BCUT2D eigenvalue weighted by atomic mass is 32.2. The van der Waals surface area contributed by atoms with Crippen LogP contribution < -0.4 is 5.32 Å². The van der Waals surface area contributed by atoms with E-state index in [1.807, 2.05) is 24.6 Å². The van der Waals surface area contributed by atoms with Gasteiger partial charge in [-0.05, 0) is 42.7 Å². The molecule has 2 rings (SSSR count). The van der Waals surface area contributed by atoms with E-state index >= 15 is 0 Å². The Hall–Kier alpha value is -2.72. The van der Waals surface area contributed by atoms with Crippen LogP contribution in [-0.4, -0.2) is 24.5 Å². The van der Waals surface area contributed by atoms with Crippen LogP contribution in [0.4, 0.5) is 5.69 Å². The molecule has 0 fully saturated rings. The first kappa shape index (κ1) is 15.7. The minimum absolute atomic E-state index is 0.155. The van der Waals surface area contributed by atoms with E-state index in [4.69, 9.17) is 9.68 Å². The highest BCUT2D eigenvalue weighted by Crippen LogP contribution is 2.25. The molecule has 0 saturated heterocycles. The molecule has 1 aromatic carbocycles. The van der Waals surface area contributed by atoms with Crippen LogP contribution in [0.3, 0.4) is 0 Å². The number of ether oxygens (including phenoxy) is 1. The number of nitriles is 1. The Kier molecular flexibility index (Phi) is 5.22. The predicted octanol–water partition coefficient (Wildman–Crippen LogP) is 3.15. The average Bonchev–Trinajstić information content (AvgIpc) is 3.04. The molecule has 0 amide bonds. The molecule has 6 nitrogen and oxygen atoms in total. The second-order valence-electron chi connectivity index (χ2n) is 4.06. The summed E-state index contributed by atoms with van der Waals surface area (Å²) < 4.78 is 10.0. The van der Waals surface area contributed by atoms with Crippen LogP contribution in [0.25, 0.3) is 11.3 Å². The molecule has 0 bridgehead atoms. The van der Waals surface area contributed by atoms with Crippen molar-refractivity contribution in [3.8, 4) is 17.5 Å². The molecule has 1 aromatic heterocycles. The van der Waals surface area contributed by atoms with Crippen molar-refractivity contribution >= 4 is 28.6 Å². The third kappa shape index (κ3) is 3.68. The quantitative estimate of drug-likeness (QED) is 0.308. The fourth-order valence-electron chi connectivity index (χ4n) is 1.69. The third-order valence-corrected chi connectivity index (χ3v) is 3.31. The third-order valence-electron chi connectivity index (χ3n) is 2.73. The normalized spacial score (nSPS) is 10.9. The largest absolute Gasteiger partial charge is 0.463 e. The lowest BCUT2D eigenvalue weighted by atomic mass is 10.1. The zero-order valence-corrected chi connectivity index (χ0v) is 12.8. The minimum atomic E-state index is -0.514. The summed E-state index contributed by atoms with van der Waals surface area (Å²) in [6, 6.07) is 10.5. The second-order valence-corrected chi connectivity index (χ2v) is 4.86. The first-order valence-electron chi connectivity index (χ1n) is 6.24. The molecule has 0 saturated carbocycles. The van der Waals surface area contributed by atoms with Gasteiger partial charge in [-0.15, -0.1) is 0 Å². The summed E-state index contributed by atoms with van der Waals surface area (Å²) in [6.07, 6.45) is 3.66. The van der Waals surface area contributed by atoms with Crippen molar-refractivity contribution in [3.05, 3.63) is 42.2 Å². The molecule has 0 unspecified atom stereocenters. The Morgan fingerprint density at radius 3 is 2.64 bits per heavy atom. The van der Waals surface area contributed by atoms with E-state index in [0.717, 1.165) is 5.56 Å². The molecule has 112 valence electrons. The van der Waals surface area contributed by atoms with Gasteiger partial charge < -0.3 is 9.15 Å². The molecule has 22 heavy (non-hydrogen) atoms. The van der Waals surface area contributed by atoms with E-state index in [-0.39, 0.29) is 5.76 Å². The lowest BCUT2D eigenvalue weighted by Gasteiger charge is -2.01. The number of hydrogen-bond donors (Lipinski definition) is 1. The van der Waals surface area contributed by atoms with E-state index in [0.29, 0.717) is 16.6 Å². The first-order chi connectivity index (χ1) is 10.7. The number of furan rings is 1. The van der Waals surface area contributed by atoms with Gasteiger partial charge in [-0.2, -0.15) is 5.26 Å². The van der Waals surface area contributed by atoms with Gasteiger partial charge in [0.05, 0.1) is 12.8 Å². The Balaban J connectivity index is 2.20. The van der Waals surface area contributed by atoms with Gasteiger partial charge >= 0.3 is 5.97 Å². The SMILES string of the molecule is COC(=O)c1ccc(-c2ccc(N=C(NC#N)SC)cc2)o1. The van der Waals surface area contributed by atoms with Crippen LogP contribution >= 0.6 is 11.8 Å². The highest BCUT2D eigenvalue weighted by Gasteiger charge is 2.12. The molecule has 0 aliphatic heterocycles. The molecular formula is C15H13N3O3S. The maximum atomic E-state index is 11.4. The number of rotatable bonds is 3. The van der Waals surface area contributed by atoms with Crippen molar-refractivity contribution in [2.45, 2.75) is 0 Å². The second kappa shape index (κ2) is 7.33. The average molecular weight is 315 g/mol. The zero-order valence-electron chi connectivity index (χ0n) is 12.0. The molecule has 1 heterocycles. The van der Waals surface area contributed by atoms with E-state index in [1.165, 1.54) is 18.9 Å². The number of esters is 1. The Labute approximate surface area is 131 Å². The van der Waals surface area contributed by atoms with Crippen molar-refractivity contribution in [2.24, 2.45) is 4.99 Å². The van der Waals surface area contributed by atoms with Crippen molar-refractivity contribution in [1.82, 2.24) is 5.32 Å². The Bertz CT molecular complexity index is 729. The fourth-order valence-corrected chi connectivity index (χ4v) is 2.04. The number of carbonyl (C=O) groups is 1. The maximum absolute atomic E-state index is 11.4. The lowest BCUT2D eigenvalue weighted by molar-refractivity contribution is 0.0566. The van der Waals surface area contributed by atoms with Crippen LogP contribution in [0.15, 0.2) is 45.8 Å².